The van der Waals surface area contributed by atoms with Gasteiger partial charge in [0.15, 0.2) is 0 Å². The number of ether oxygens (including phenoxy) is 1. The number of nitrogens with zero attached hydrogens (tertiary/aromatic N) is 2. The molecule has 0 radical (unpaired) electrons. The molecule has 0 spiro atoms. The zero-order valence-electron chi connectivity index (χ0n) is 16.6. The van der Waals surface area contributed by atoms with Gasteiger partial charge in [-0.1, -0.05) is 6.07 Å². The summed E-state index contributed by atoms with van der Waals surface area (Å²) in [5, 5.41) is 0. The molecule has 1 saturated heterocycles. The molecule has 1 heterocycles. The fourth-order valence-electron chi connectivity index (χ4n) is 3.43. The van der Waals surface area contributed by atoms with Gasteiger partial charge in [0.05, 0.1) is 25.0 Å². The lowest BCUT2D eigenvalue weighted by atomic mass is 9.96. The number of carbonyl (C=O) groups is 2. The van der Waals surface area contributed by atoms with E-state index in [0.717, 1.165) is 17.4 Å². The van der Waals surface area contributed by atoms with Crippen LogP contribution in [0.2, 0.25) is 0 Å². The lowest BCUT2D eigenvalue weighted by molar-refractivity contribution is -0.149. The van der Waals surface area contributed by atoms with Gasteiger partial charge in [0.2, 0.25) is 15.9 Å². The minimum atomic E-state index is -3.65. The third kappa shape index (κ3) is 4.80. The highest BCUT2D eigenvalue weighted by molar-refractivity contribution is 7.92. The fourth-order valence-corrected chi connectivity index (χ4v) is 4.59. The van der Waals surface area contributed by atoms with Gasteiger partial charge >= 0.3 is 5.97 Å². The van der Waals surface area contributed by atoms with E-state index in [1.54, 1.807) is 24.0 Å². The molecule has 1 aliphatic heterocycles. The summed E-state index contributed by atoms with van der Waals surface area (Å²) in [5.74, 6) is -0.731. The van der Waals surface area contributed by atoms with E-state index in [-0.39, 0.29) is 17.8 Å². The molecule has 0 bridgehead atoms. The van der Waals surface area contributed by atoms with Crippen LogP contribution in [0.15, 0.2) is 18.2 Å². The number of sulfonamides is 1. The van der Waals surface area contributed by atoms with Gasteiger partial charge in [0.25, 0.3) is 0 Å². The molecule has 0 saturated carbocycles. The quantitative estimate of drug-likeness (QED) is 0.710. The molecular weight excluding hydrogens is 368 g/mol. The van der Waals surface area contributed by atoms with E-state index in [1.165, 1.54) is 11.4 Å². The number of methoxy groups -OCH3 is 1. The Bertz CT molecular complexity index is 813. The van der Waals surface area contributed by atoms with E-state index in [9.17, 15) is 18.0 Å². The Hall–Kier alpha value is -2.09. The molecule has 27 heavy (non-hydrogen) atoms. The van der Waals surface area contributed by atoms with E-state index in [1.807, 2.05) is 19.9 Å². The lowest BCUT2D eigenvalue weighted by Crippen LogP contribution is -2.51. The van der Waals surface area contributed by atoms with E-state index >= 15 is 0 Å². The summed E-state index contributed by atoms with van der Waals surface area (Å²) in [5.41, 5.74) is 2.49. The molecule has 0 N–H and O–H groups in total. The SMILES string of the molecule is COC(=O)C1CCN(C(=O)C(C)N(c2ccc(C)c(C)c2)S(C)(=O)=O)CC1. The third-order valence-electron chi connectivity index (χ3n) is 5.15. The third-order valence-corrected chi connectivity index (χ3v) is 6.39. The number of hydrogen-bond donors (Lipinski definition) is 0. The Labute approximate surface area is 161 Å². The first-order valence-corrected chi connectivity index (χ1v) is 10.8. The highest BCUT2D eigenvalue weighted by Crippen LogP contribution is 2.26. The molecule has 0 aliphatic carbocycles. The molecule has 1 fully saturated rings. The summed E-state index contributed by atoms with van der Waals surface area (Å²) in [6.07, 6.45) is 2.15. The Morgan fingerprint density at radius 1 is 1.19 bits per heavy atom. The molecule has 1 atom stereocenters. The van der Waals surface area contributed by atoms with Gasteiger partial charge in [-0.05, 0) is 56.9 Å². The largest absolute Gasteiger partial charge is 0.469 e. The summed E-state index contributed by atoms with van der Waals surface area (Å²) in [6, 6.07) is 4.49. The number of piperidine rings is 1. The predicted molar refractivity (Wildman–Crippen MR) is 104 cm³/mol. The first kappa shape index (κ1) is 21.2. The molecule has 1 aromatic rings. The predicted octanol–water partition coefficient (Wildman–Crippen LogP) is 1.87. The van der Waals surface area contributed by atoms with E-state index in [4.69, 9.17) is 4.74 Å². The zero-order valence-corrected chi connectivity index (χ0v) is 17.4. The van der Waals surface area contributed by atoms with E-state index in [2.05, 4.69) is 0 Å². The fraction of sp³-hybridized carbons (Fsp3) is 0.579. The molecule has 1 aliphatic rings. The van der Waals surface area contributed by atoms with Crippen LogP contribution in [0.25, 0.3) is 0 Å². The Morgan fingerprint density at radius 3 is 2.26 bits per heavy atom. The highest BCUT2D eigenvalue weighted by Gasteiger charge is 2.35. The Morgan fingerprint density at radius 2 is 1.78 bits per heavy atom. The summed E-state index contributed by atoms with van der Waals surface area (Å²) in [7, 11) is -2.29. The average molecular weight is 397 g/mol. The Kier molecular flexibility index (Phi) is 6.51. The monoisotopic (exact) mass is 396 g/mol. The first-order chi connectivity index (χ1) is 12.6. The maximum atomic E-state index is 13.0. The minimum Gasteiger partial charge on any atom is -0.469 e. The number of carbonyl (C=O) groups excluding carboxylic acids is 2. The lowest BCUT2D eigenvalue weighted by Gasteiger charge is -2.36. The van der Waals surface area contributed by atoms with Crippen molar-refractivity contribution in [2.45, 2.75) is 39.7 Å². The normalized spacial score (nSPS) is 16.7. The van der Waals surface area contributed by atoms with Gasteiger partial charge in [-0.15, -0.1) is 0 Å². The van der Waals surface area contributed by atoms with Crippen molar-refractivity contribution in [2.24, 2.45) is 5.92 Å². The van der Waals surface area contributed by atoms with Gasteiger partial charge in [-0.3, -0.25) is 13.9 Å². The number of anilines is 1. The molecule has 8 heteroatoms. The van der Waals surface area contributed by atoms with Crippen LogP contribution in [0.1, 0.15) is 30.9 Å². The van der Waals surface area contributed by atoms with Gasteiger partial charge in [-0.25, -0.2) is 8.42 Å². The number of benzene rings is 1. The number of hydrogen-bond acceptors (Lipinski definition) is 5. The standard InChI is InChI=1S/C19H28N2O5S/c1-13-6-7-17(12-14(13)2)21(27(5,24)25)15(3)18(22)20-10-8-16(9-11-20)19(23)26-4/h6-7,12,15-16H,8-11H2,1-5H3. The van der Waals surface area contributed by atoms with Crippen LogP contribution in [0.4, 0.5) is 5.69 Å². The maximum Gasteiger partial charge on any atom is 0.308 e. The van der Waals surface area contributed by atoms with Crippen molar-refractivity contribution >= 4 is 27.6 Å². The van der Waals surface area contributed by atoms with Crippen molar-refractivity contribution in [1.29, 1.82) is 0 Å². The maximum absolute atomic E-state index is 13.0. The second-order valence-corrected chi connectivity index (χ2v) is 8.99. The number of rotatable bonds is 5. The summed E-state index contributed by atoms with van der Waals surface area (Å²) >= 11 is 0. The number of amides is 1. The van der Waals surface area contributed by atoms with Crippen LogP contribution >= 0.6 is 0 Å². The van der Waals surface area contributed by atoms with Gasteiger partial charge in [0.1, 0.15) is 6.04 Å². The minimum absolute atomic E-state index is 0.208. The summed E-state index contributed by atoms with van der Waals surface area (Å²) in [6.45, 7) is 6.28. The van der Waals surface area contributed by atoms with Crippen LogP contribution in [0, 0.1) is 19.8 Å². The average Bonchev–Trinajstić information content (AvgIpc) is 2.62. The van der Waals surface area contributed by atoms with Crippen molar-refractivity contribution in [3.8, 4) is 0 Å². The topological polar surface area (TPSA) is 84.0 Å². The van der Waals surface area contributed by atoms with E-state index < -0.39 is 16.1 Å². The van der Waals surface area contributed by atoms with Crippen molar-refractivity contribution < 1.29 is 22.7 Å². The van der Waals surface area contributed by atoms with Crippen LogP contribution in [-0.2, 0) is 24.3 Å². The van der Waals surface area contributed by atoms with Crippen molar-refractivity contribution in [3.05, 3.63) is 29.3 Å². The first-order valence-electron chi connectivity index (χ1n) is 8.99. The summed E-state index contributed by atoms with van der Waals surface area (Å²) < 4.78 is 30.8. The van der Waals surface area contributed by atoms with Crippen LogP contribution in [-0.4, -0.2) is 57.7 Å². The molecular formula is C19H28N2O5S. The van der Waals surface area contributed by atoms with Gasteiger partial charge in [0, 0.05) is 13.1 Å². The molecule has 0 aromatic heterocycles. The molecule has 2 rings (SSSR count). The van der Waals surface area contributed by atoms with Crippen molar-refractivity contribution in [3.63, 3.8) is 0 Å². The van der Waals surface area contributed by atoms with Crippen molar-refractivity contribution in [2.75, 3.05) is 30.8 Å². The van der Waals surface area contributed by atoms with E-state index in [0.29, 0.717) is 31.6 Å². The molecule has 150 valence electrons. The van der Waals surface area contributed by atoms with Gasteiger partial charge < -0.3 is 9.64 Å². The van der Waals surface area contributed by atoms with Crippen LogP contribution in [0.3, 0.4) is 0 Å². The summed E-state index contributed by atoms with van der Waals surface area (Å²) in [4.78, 5) is 26.2. The zero-order chi connectivity index (χ0) is 20.4. The molecule has 1 aromatic carbocycles. The smallest absolute Gasteiger partial charge is 0.308 e. The van der Waals surface area contributed by atoms with Crippen LogP contribution in [0.5, 0.6) is 0 Å². The highest BCUT2D eigenvalue weighted by atomic mass is 32.2. The van der Waals surface area contributed by atoms with Crippen molar-refractivity contribution in [1.82, 2.24) is 4.90 Å². The Balaban J connectivity index is 2.21. The second-order valence-electron chi connectivity index (χ2n) is 7.13. The second kappa shape index (κ2) is 8.29. The number of likely N-dealkylation sites (tertiary alicyclic amines) is 1. The number of aryl methyl sites for hydroxylation is 2. The molecule has 7 nitrogen and oxygen atoms in total. The van der Waals surface area contributed by atoms with Crippen LogP contribution < -0.4 is 4.31 Å². The molecule has 1 amide bonds. The molecule has 1 unspecified atom stereocenters. The van der Waals surface area contributed by atoms with Gasteiger partial charge in [-0.2, -0.15) is 0 Å². The number of esters is 1.